The topological polar surface area (TPSA) is 46.9 Å². The first-order valence-electron chi connectivity index (χ1n) is 7.69. The molecule has 0 aliphatic carbocycles. The van der Waals surface area contributed by atoms with Gasteiger partial charge in [-0.05, 0) is 61.9 Å². The molecule has 0 radical (unpaired) electrons. The van der Waals surface area contributed by atoms with Crippen molar-refractivity contribution in [3.05, 3.63) is 82.1 Å². The summed E-state index contributed by atoms with van der Waals surface area (Å²) in [6.07, 6.45) is 0. The van der Waals surface area contributed by atoms with Crippen LogP contribution in [-0.4, -0.2) is 15.7 Å². The Balaban J connectivity index is 1.67. The Morgan fingerprint density at radius 1 is 1.08 bits per heavy atom. The van der Waals surface area contributed by atoms with Gasteiger partial charge in [0, 0.05) is 22.8 Å². The van der Waals surface area contributed by atoms with E-state index < -0.39 is 0 Å². The third-order valence-electron chi connectivity index (χ3n) is 3.75. The van der Waals surface area contributed by atoms with Gasteiger partial charge in [0.25, 0.3) is 5.91 Å². The number of nitrogens with one attached hydrogen (secondary N) is 1. The number of nitrogens with zero attached hydrogens (tertiary/aromatic N) is 2. The number of aromatic nitrogens is 2. The second-order valence-electron chi connectivity index (χ2n) is 5.69. The fraction of sp³-hybridized carbons (Fsp3) is 0.158. The van der Waals surface area contributed by atoms with Crippen molar-refractivity contribution >= 4 is 17.5 Å². The molecule has 0 unspecified atom stereocenters. The summed E-state index contributed by atoms with van der Waals surface area (Å²) in [6, 6.07) is 16.9. The van der Waals surface area contributed by atoms with E-state index >= 15 is 0 Å². The number of halogens is 1. The summed E-state index contributed by atoms with van der Waals surface area (Å²) in [5.74, 6) is -0.107. The SMILES string of the molecule is Cc1cc(C)n(-c2ccc(C(=O)NCc3ccc(Cl)cc3)cc2)n1. The normalized spacial score (nSPS) is 10.6. The number of carbonyl (C=O) groups excluding carboxylic acids is 1. The monoisotopic (exact) mass is 339 g/mol. The van der Waals surface area contributed by atoms with Crippen LogP contribution in [0.15, 0.2) is 54.6 Å². The highest BCUT2D eigenvalue weighted by molar-refractivity contribution is 6.30. The molecule has 0 saturated heterocycles. The predicted molar refractivity (Wildman–Crippen MR) is 95.7 cm³/mol. The van der Waals surface area contributed by atoms with E-state index in [1.54, 1.807) is 0 Å². The van der Waals surface area contributed by atoms with Gasteiger partial charge in [0.05, 0.1) is 11.4 Å². The minimum absolute atomic E-state index is 0.107. The summed E-state index contributed by atoms with van der Waals surface area (Å²) in [6.45, 7) is 4.43. The molecule has 1 heterocycles. The number of carbonyl (C=O) groups is 1. The van der Waals surface area contributed by atoms with Crippen molar-refractivity contribution in [2.75, 3.05) is 0 Å². The number of aryl methyl sites for hydroxylation is 2. The Morgan fingerprint density at radius 3 is 2.33 bits per heavy atom. The van der Waals surface area contributed by atoms with Crippen LogP contribution in [0.25, 0.3) is 5.69 Å². The highest BCUT2D eigenvalue weighted by atomic mass is 35.5. The van der Waals surface area contributed by atoms with Gasteiger partial charge in [0.2, 0.25) is 0 Å². The molecule has 0 aliphatic heterocycles. The van der Waals surface area contributed by atoms with Crippen LogP contribution in [0.4, 0.5) is 0 Å². The first-order valence-corrected chi connectivity index (χ1v) is 8.07. The Bertz CT molecular complexity index is 851. The molecule has 0 bridgehead atoms. The summed E-state index contributed by atoms with van der Waals surface area (Å²) < 4.78 is 1.87. The lowest BCUT2D eigenvalue weighted by Crippen LogP contribution is -2.22. The van der Waals surface area contributed by atoms with Gasteiger partial charge in [-0.3, -0.25) is 4.79 Å². The number of benzene rings is 2. The fourth-order valence-corrected chi connectivity index (χ4v) is 2.66. The minimum Gasteiger partial charge on any atom is -0.348 e. The number of hydrogen-bond acceptors (Lipinski definition) is 2. The van der Waals surface area contributed by atoms with Crippen LogP contribution in [0.3, 0.4) is 0 Å². The highest BCUT2D eigenvalue weighted by Gasteiger charge is 2.08. The summed E-state index contributed by atoms with van der Waals surface area (Å²) in [4.78, 5) is 12.2. The molecule has 1 amide bonds. The Morgan fingerprint density at radius 2 is 1.75 bits per heavy atom. The zero-order valence-corrected chi connectivity index (χ0v) is 14.3. The van der Waals surface area contributed by atoms with Crippen molar-refractivity contribution in [2.24, 2.45) is 0 Å². The molecule has 3 aromatic rings. The summed E-state index contributed by atoms with van der Waals surface area (Å²) >= 11 is 5.85. The molecule has 1 N–H and O–H groups in total. The Labute approximate surface area is 146 Å². The van der Waals surface area contributed by atoms with Crippen molar-refractivity contribution < 1.29 is 4.79 Å². The van der Waals surface area contributed by atoms with E-state index in [0.29, 0.717) is 17.1 Å². The first kappa shape index (κ1) is 16.3. The van der Waals surface area contributed by atoms with Crippen molar-refractivity contribution in [2.45, 2.75) is 20.4 Å². The molecule has 0 fully saturated rings. The predicted octanol–water partition coefficient (Wildman–Crippen LogP) is 4.07. The molecule has 5 heteroatoms. The van der Waals surface area contributed by atoms with Crippen LogP contribution in [0.5, 0.6) is 0 Å². The van der Waals surface area contributed by atoms with E-state index in [1.165, 1.54) is 0 Å². The highest BCUT2D eigenvalue weighted by Crippen LogP contribution is 2.13. The number of hydrogen-bond donors (Lipinski definition) is 1. The van der Waals surface area contributed by atoms with Crippen LogP contribution in [0.1, 0.15) is 27.3 Å². The molecular formula is C19H18ClN3O. The second-order valence-corrected chi connectivity index (χ2v) is 6.13. The van der Waals surface area contributed by atoms with Crippen molar-refractivity contribution in [1.29, 1.82) is 0 Å². The third kappa shape index (κ3) is 3.66. The Hall–Kier alpha value is -2.59. The first-order chi connectivity index (χ1) is 11.5. The molecule has 1 aromatic heterocycles. The lowest BCUT2D eigenvalue weighted by atomic mass is 10.1. The van der Waals surface area contributed by atoms with E-state index in [-0.39, 0.29) is 5.91 Å². The molecule has 0 saturated carbocycles. The van der Waals surface area contributed by atoms with Gasteiger partial charge in [0.1, 0.15) is 0 Å². The summed E-state index contributed by atoms with van der Waals surface area (Å²) in [5, 5.41) is 8.03. The van der Waals surface area contributed by atoms with E-state index in [9.17, 15) is 4.79 Å². The maximum absolute atomic E-state index is 12.2. The van der Waals surface area contributed by atoms with Gasteiger partial charge in [-0.2, -0.15) is 5.10 Å². The molecule has 0 aliphatic rings. The van der Waals surface area contributed by atoms with E-state index in [1.807, 2.05) is 73.1 Å². The molecule has 4 nitrogen and oxygen atoms in total. The molecule has 24 heavy (non-hydrogen) atoms. The smallest absolute Gasteiger partial charge is 0.251 e. The van der Waals surface area contributed by atoms with Crippen LogP contribution in [0, 0.1) is 13.8 Å². The van der Waals surface area contributed by atoms with E-state index in [2.05, 4.69) is 10.4 Å². The van der Waals surface area contributed by atoms with Crippen molar-refractivity contribution in [1.82, 2.24) is 15.1 Å². The second kappa shape index (κ2) is 6.89. The molecule has 0 spiro atoms. The van der Waals surface area contributed by atoms with Crippen LogP contribution >= 0.6 is 11.6 Å². The summed E-state index contributed by atoms with van der Waals surface area (Å²) in [5.41, 5.74) is 4.60. The maximum Gasteiger partial charge on any atom is 0.251 e. The lowest BCUT2D eigenvalue weighted by molar-refractivity contribution is 0.0951. The van der Waals surface area contributed by atoms with Gasteiger partial charge in [-0.25, -0.2) is 4.68 Å². The third-order valence-corrected chi connectivity index (χ3v) is 4.00. The van der Waals surface area contributed by atoms with E-state index in [0.717, 1.165) is 22.6 Å². The average molecular weight is 340 g/mol. The van der Waals surface area contributed by atoms with Gasteiger partial charge in [0.15, 0.2) is 0 Å². The number of amides is 1. The van der Waals surface area contributed by atoms with E-state index in [4.69, 9.17) is 11.6 Å². The average Bonchev–Trinajstić information content (AvgIpc) is 2.92. The van der Waals surface area contributed by atoms with Crippen molar-refractivity contribution in [3.63, 3.8) is 0 Å². The Kier molecular flexibility index (Phi) is 4.67. The fourth-order valence-electron chi connectivity index (χ4n) is 2.53. The maximum atomic E-state index is 12.2. The largest absolute Gasteiger partial charge is 0.348 e. The van der Waals surface area contributed by atoms with Crippen LogP contribution in [0.2, 0.25) is 5.02 Å². The molecular weight excluding hydrogens is 322 g/mol. The van der Waals surface area contributed by atoms with Crippen LogP contribution < -0.4 is 5.32 Å². The molecule has 2 aromatic carbocycles. The zero-order chi connectivity index (χ0) is 17.1. The molecule has 3 rings (SSSR count). The zero-order valence-electron chi connectivity index (χ0n) is 13.6. The van der Waals surface area contributed by atoms with Crippen molar-refractivity contribution in [3.8, 4) is 5.69 Å². The summed E-state index contributed by atoms with van der Waals surface area (Å²) in [7, 11) is 0. The standard InChI is InChI=1S/C19H18ClN3O/c1-13-11-14(2)23(22-13)18-9-5-16(6-10-18)19(24)21-12-15-3-7-17(20)8-4-15/h3-11H,12H2,1-2H3,(H,21,24). The van der Waals surface area contributed by atoms with Gasteiger partial charge < -0.3 is 5.32 Å². The van der Waals surface area contributed by atoms with Gasteiger partial charge in [-0.15, -0.1) is 0 Å². The molecule has 0 atom stereocenters. The number of rotatable bonds is 4. The minimum atomic E-state index is -0.107. The van der Waals surface area contributed by atoms with Gasteiger partial charge >= 0.3 is 0 Å². The molecule has 122 valence electrons. The van der Waals surface area contributed by atoms with Gasteiger partial charge in [-0.1, -0.05) is 23.7 Å². The van der Waals surface area contributed by atoms with Crippen LogP contribution in [-0.2, 0) is 6.54 Å². The lowest BCUT2D eigenvalue weighted by Gasteiger charge is -2.08. The quantitative estimate of drug-likeness (QED) is 0.778.